The molecule has 0 aliphatic heterocycles. The lowest BCUT2D eigenvalue weighted by atomic mass is 10.1. The summed E-state index contributed by atoms with van der Waals surface area (Å²) in [6.45, 7) is 0.829. The number of hydrogen-bond donors (Lipinski definition) is 2. The second-order valence-corrected chi connectivity index (χ2v) is 5.04. The van der Waals surface area contributed by atoms with Gasteiger partial charge in [-0.1, -0.05) is 24.7 Å². The van der Waals surface area contributed by atoms with Crippen LogP contribution in [0.15, 0.2) is 18.2 Å². The van der Waals surface area contributed by atoms with Gasteiger partial charge in [0.05, 0.1) is 12.1 Å². The van der Waals surface area contributed by atoms with Crippen molar-refractivity contribution in [1.82, 2.24) is 5.32 Å². The molecule has 0 heterocycles. The van der Waals surface area contributed by atoms with E-state index in [9.17, 15) is 9.18 Å². The van der Waals surface area contributed by atoms with Crippen LogP contribution in [0.2, 0.25) is 0 Å². The standard InChI is InChI=1S/C16H19FN2O/c17-14-8-7-13(4-1-9-18)15(11-14)16(20)19-10-2-3-12-5-6-12/h7-8,11-12H,2-3,5-6,9-10,18H2,(H,19,20). The lowest BCUT2D eigenvalue weighted by molar-refractivity contribution is 0.0952. The van der Waals surface area contributed by atoms with Crippen molar-refractivity contribution in [2.75, 3.05) is 13.1 Å². The van der Waals surface area contributed by atoms with E-state index in [1.807, 2.05) is 0 Å². The van der Waals surface area contributed by atoms with Crippen molar-refractivity contribution in [2.45, 2.75) is 25.7 Å². The van der Waals surface area contributed by atoms with Crippen LogP contribution in [0.1, 0.15) is 41.6 Å². The summed E-state index contributed by atoms with van der Waals surface area (Å²) in [6.07, 6.45) is 4.76. The highest BCUT2D eigenvalue weighted by Gasteiger charge is 2.20. The predicted molar refractivity (Wildman–Crippen MR) is 76.6 cm³/mol. The van der Waals surface area contributed by atoms with E-state index in [-0.39, 0.29) is 18.0 Å². The van der Waals surface area contributed by atoms with Crippen molar-refractivity contribution in [3.05, 3.63) is 35.1 Å². The van der Waals surface area contributed by atoms with E-state index in [1.54, 1.807) is 0 Å². The molecule has 0 bridgehead atoms. The molecule has 20 heavy (non-hydrogen) atoms. The molecule has 106 valence electrons. The van der Waals surface area contributed by atoms with Crippen LogP contribution in [0.3, 0.4) is 0 Å². The molecule has 1 amide bonds. The fourth-order valence-electron chi connectivity index (χ4n) is 2.05. The number of amides is 1. The maximum atomic E-state index is 13.3. The number of nitrogens with one attached hydrogen (secondary N) is 1. The molecular formula is C16H19FN2O. The zero-order valence-electron chi connectivity index (χ0n) is 11.4. The van der Waals surface area contributed by atoms with Gasteiger partial charge in [0.15, 0.2) is 0 Å². The fraction of sp³-hybridized carbons (Fsp3) is 0.438. The largest absolute Gasteiger partial charge is 0.352 e. The van der Waals surface area contributed by atoms with Crippen LogP contribution in [0, 0.1) is 23.6 Å². The van der Waals surface area contributed by atoms with Gasteiger partial charge in [0.2, 0.25) is 0 Å². The molecule has 3 N–H and O–H groups in total. The number of nitrogens with two attached hydrogens (primary N) is 1. The molecule has 0 aromatic heterocycles. The van der Waals surface area contributed by atoms with Crippen LogP contribution < -0.4 is 11.1 Å². The molecule has 2 rings (SSSR count). The van der Waals surface area contributed by atoms with Gasteiger partial charge in [-0.05, 0) is 37.0 Å². The van der Waals surface area contributed by atoms with Gasteiger partial charge in [-0.3, -0.25) is 4.79 Å². The number of halogens is 1. The monoisotopic (exact) mass is 274 g/mol. The normalized spacial score (nSPS) is 13.5. The maximum Gasteiger partial charge on any atom is 0.252 e. The average molecular weight is 274 g/mol. The summed E-state index contributed by atoms with van der Waals surface area (Å²) in [5.41, 5.74) is 6.10. The van der Waals surface area contributed by atoms with Gasteiger partial charge < -0.3 is 11.1 Å². The Balaban J connectivity index is 1.97. The minimum absolute atomic E-state index is 0.208. The topological polar surface area (TPSA) is 55.1 Å². The molecule has 0 spiro atoms. The third-order valence-corrected chi connectivity index (χ3v) is 3.32. The SMILES string of the molecule is NCC#Cc1ccc(F)cc1C(=O)NCCCC1CC1. The first-order valence-electron chi connectivity index (χ1n) is 6.97. The van der Waals surface area contributed by atoms with Crippen molar-refractivity contribution in [1.29, 1.82) is 0 Å². The van der Waals surface area contributed by atoms with Crippen LogP contribution >= 0.6 is 0 Å². The third kappa shape index (κ3) is 4.36. The van der Waals surface area contributed by atoms with Gasteiger partial charge in [-0.15, -0.1) is 0 Å². The molecule has 1 saturated carbocycles. The van der Waals surface area contributed by atoms with E-state index in [0.717, 1.165) is 18.8 Å². The number of carbonyl (C=O) groups is 1. The second kappa shape index (κ2) is 7.06. The summed E-state index contributed by atoms with van der Waals surface area (Å²) in [6, 6.07) is 4.03. The molecule has 0 saturated heterocycles. The molecule has 4 heteroatoms. The van der Waals surface area contributed by atoms with Crippen molar-refractivity contribution >= 4 is 5.91 Å². The Morgan fingerprint density at radius 2 is 2.25 bits per heavy atom. The van der Waals surface area contributed by atoms with Gasteiger partial charge in [-0.2, -0.15) is 0 Å². The van der Waals surface area contributed by atoms with Crippen LogP contribution in [0.25, 0.3) is 0 Å². The van der Waals surface area contributed by atoms with Crippen LogP contribution in [-0.4, -0.2) is 19.0 Å². The first-order chi connectivity index (χ1) is 9.70. The molecule has 1 aliphatic carbocycles. The van der Waals surface area contributed by atoms with E-state index in [0.29, 0.717) is 12.1 Å². The maximum absolute atomic E-state index is 13.3. The van der Waals surface area contributed by atoms with Gasteiger partial charge in [0, 0.05) is 12.1 Å². The van der Waals surface area contributed by atoms with Gasteiger partial charge in [-0.25, -0.2) is 4.39 Å². The molecule has 0 atom stereocenters. The van der Waals surface area contributed by atoms with Crippen molar-refractivity contribution in [3.8, 4) is 11.8 Å². The van der Waals surface area contributed by atoms with Crippen molar-refractivity contribution in [3.63, 3.8) is 0 Å². The summed E-state index contributed by atoms with van der Waals surface area (Å²) in [5.74, 6) is 5.62. The van der Waals surface area contributed by atoms with E-state index in [4.69, 9.17) is 5.73 Å². The quantitative estimate of drug-likeness (QED) is 0.638. The van der Waals surface area contributed by atoms with E-state index >= 15 is 0 Å². The van der Waals surface area contributed by atoms with E-state index < -0.39 is 5.82 Å². The molecule has 0 unspecified atom stereocenters. The Kier molecular flexibility index (Phi) is 5.14. The summed E-state index contributed by atoms with van der Waals surface area (Å²) in [4.78, 5) is 12.1. The van der Waals surface area contributed by atoms with Crippen molar-refractivity contribution < 1.29 is 9.18 Å². The van der Waals surface area contributed by atoms with Gasteiger partial charge in [0.25, 0.3) is 5.91 Å². The molecular weight excluding hydrogens is 255 g/mol. The summed E-state index contributed by atoms with van der Waals surface area (Å²) < 4.78 is 13.3. The molecule has 1 aromatic rings. The first kappa shape index (κ1) is 14.5. The predicted octanol–water partition coefficient (Wildman–Crippen LogP) is 2.06. The van der Waals surface area contributed by atoms with E-state index in [1.165, 1.54) is 31.0 Å². The van der Waals surface area contributed by atoms with Crippen LogP contribution in [0.4, 0.5) is 4.39 Å². The Bertz CT molecular complexity index is 541. The lowest BCUT2D eigenvalue weighted by Gasteiger charge is -2.07. The Morgan fingerprint density at radius 1 is 1.45 bits per heavy atom. The number of hydrogen-bond acceptors (Lipinski definition) is 2. The summed E-state index contributed by atoms with van der Waals surface area (Å²) in [7, 11) is 0. The summed E-state index contributed by atoms with van der Waals surface area (Å²) in [5, 5.41) is 2.82. The third-order valence-electron chi connectivity index (χ3n) is 3.32. The van der Waals surface area contributed by atoms with E-state index in [2.05, 4.69) is 17.2 Å². The average Bonchev–Trinajstić information content (AvgIpc) is 3.26. The second-order valence-electron chi connectivity index (χ2n) is 5.04. The highest BCUT2D eigenvalue weighted by Crippen LogP contribution is 2.33. The number of benzene rings is 1. The first-order valence-corrected chi connectivity index (χ1v) is 6.97. The Morgan fingerprint density at radius 3 is 2.95 bits per heavy atom. The van der Waals surface area contributed by atoms with Crippen LogP contribution in [-0.2, 0) is 0 Å². The van der Waals surface area contributed by atoms with Crippen LogP contribution in [0.5, 0.6) is 0 Å². The molecule has 1 aromatic carbocycles. The van der Waals surface area contributed by atoms with Crippen molar-refractivity contribution in [2.24, 2.45) is 11.7 Å². The zero-order chi connectivity index (χ0) is 14.4. The number of carbonyl (C=O) groups excluding carboxylic acids is 1. The molecule has 3 nitrogen and oxygen atoms in total. The summed E-state index contributed by atoms with van der Waals surface area (Å²) >= 11 is 0. The Labute approximate surface area is 118 Å². The lowest BCUT2D eigenvalue weighted by Crippen LogP contribution is -2.25. The minimum Gasteiger partial charge on any atom is -0.352 e. The van der Waals surface area contributed by atoms with Gasteiger partial charge >= 0.3 is 0 Å². The van der Waals surface area contributed by atoms with Gasteiger partial charge in [0.1, 0.15) is 5.82 Å². The minimum atomic E-state index is -0.438. The highest BCUT2D eigenvalue weighted by atomic mass is 19.1. The highest BCUT2D eigenvalue weighted by molar-refractivity contribution is 5.96. The number of rotatable bonds is 5. The fourth-order valence-corrected chi connectivity index (χ4v) is 2.05. The Hall–Kier alpha value is -1.86. The zero-order valence-corrected chi connectivity index (χ0v) is 11.4. The molecule has 0 radical (unpaired) electrons. The smallest absolute Gasteiger partial charge is 0.252 e. The molecule has 1 aliphatic rings. The molecule has 1 fully saturated rings.